The average Bonchev–Trinajstić information content (AvgIpc) is 3.18. The molecule has 1 unspecified atom stereocenters. The van der Waals surface area contributed by atoms with Gasteiger partial charge in [-0.2, -0.15) is 0 Å². The van der Waals surface area contributed by atoms with Gasteiger partial charge in [-0.05, 0) is 28.8 Å². The third kappa shape index (κ3) is 5.51. The lowest BCUT2D eigenvalue weighted by atomic mass is 10.1. The summed E-state index contributed by atoms with van der Waals surface area (Å²) in [4.78, 5) is 26.9. The maximum atomic E-state index is 12.7. The Morgan fingerprint density at radius 2 is 1.55 bits per heavy atom. The van der Waals surface area contributed by atoms with Crippen molar-refractivity contribution in [1.82, 2.24) is 10.2 Å². The largest absolute Gasteiger partial charge is 0.489 e. The maximum absolute atomic E-state index is 12.7. The minimum absolute atomic E-state index is 0.0284. The van der Waals surface area contributed by atoms with Crippen LogP contribution in [0.15, 0.2) is 84.9 Å². The van der Waals surface area contributed by atoms with Crippen molar-refractivity contribution in [2.45, 2.75) is 26.1 Å². The van der Waals surface area contributed by atoms with E-state index in [1.54, 1.807) is 4.90 Å². The van der Waals surface area contributed by atoms with Crippen LogP contribution < -0.4 is 10.1 Å². The molecular weight excluding hydrogens is 388 g/mol. The highest BCUT2D eigenvalue weighted by molar-refractivity contribution is 5.89. The summed E-state index contributed by atoms with van der Waals surface area (Å²) >= 11 is 0. The van der Waals surface area contributed by atoms with Crippen molar-refractivity contribution in [2.75, 3.05) is 6.54 Å². The fraction of sp³-hybridized carbons (Fsp3) is 0.231. The molecule has 3 aromatic carbocycles. The van der Waals surface area contributed by atoms with Crippen LogP contribution in [0.25, 0.3) is 0 Å². The lowest BCUT2D eigenvalue weighted by molar-refractivity contribution is -0.129. The number of ether oxygens (including phenoxy) is 1. The third-order valence-electron chi connectivity index (χ3n) is 5.51. The number of amides is 2. The molecule has 0 aliphatic carbocycles. The minimum atomic E-state index is -0.316. The molecule has 1 atom stereocenters. The van der Waals surface area contributed by atoms with Gasteiger partial charge in [0.25, 0.3) is 0 Å². The summed E-state index contributed by atoms with van der Waals surface area (Å²) in [5.41, 5.74) is 3.11. The van der Waals surface area contributed by atoms with Gasteiger partial charge in [-0.25, -0.2) is 0 Å². The Kier molecular flexibility index (Phi) is 6.62. The first-order chi connectivity index (χ1) is 15.2. The van der Waals surface area contributed by atoms with Crippen LogP contribution in [0.4, 0.5) is 0 Å². The SMILES string of the molecule is O=C(NCc1ccccc1COc1ccccc1)C1CC(=O)N(Cc2ccccc2)C1. The quantitative estimate of drug-likeness (QED) is 0.608. The molecule has 1 aliphatic heterocycles. The third-order valence-corrected chi connectivity index (χ3v) is 5.51. The molecule has 1 heterocycles. The Balaban J connectivity index is 1.31. The highest BCUT2D eigenvalue weighted by atomic mass is 16.5. The predicted octanol–water partition coefficient (Wildman–Crippen LogP) is 3.93. The number of para-hydroxylation sites is 1. The fourth-order valence-corrected chi connectivity index (χ4v) is 3.78. The second-order valence-corrected chi connectivity index (χ2v) is 7.75. The van der Waals surface area contributed by atoms with Crippen molar-refractivity contribution in [3.8, 4) is 5.75 Å². The summed E-state index contributed by atoms with van der Waals surface area (Å²) in [5, 5.41) is 3.01. The lowest BCUT2D eigenvalue weighted by Gasteiger charge is -2.17. The van der Waals surface area contributed by atoms with Crippen molar-refractivity contribution in [1.29, 1.82) is 0 Å². The first kappa shape index (κ1) is 20.7. The van der Waals surface area contributed by atoms with Gasteiger partial charge in [0.1, 0.15) is 12.4 Å². The number of rotatable bonds is 8. The van der Waals surface area contributed by atoms with Crippen LogP contribution >= 0.6 is 0 Å². The second-order valence-electron chi connectivity index (χ2n) is 7.75. The van der Waals surface area contributed by atoms with Gasteiger partial charge >= 0.3 is 0 Å². The van der Waals surface area contributed by atoms with Gasteiger partial charge in [0.2, 0.25) is 11.8 Å². The number of hydrogen-bond donors (Lipinski definition) is 1. The zero-order valence-corrected chi connectivity index (χ0v) is 17.4. The molecule has 31 heavy (non-hydrogen) atoms. The number of benzene rings is 3. The molecule has 5 nitrogen and oxygen atoms in total. The van der Waals surface area contributed by atoms with Crippen molar-refractivity contribution in [2.24, 2.45) is 5.92 Å². The van der Waals surface area contributed by atoms with Gasteiger partial charge < -0.3 is 15.0 Å². The highest BCUT2D eigenvalue weighted by Gasteiger charge is 2.34. The number of carbonyl (C=O) groups excluding carboxylic acids is 2. The van der Waals surface area contributed by atoms with E-state index in [4.69, 9.17) is 4.74 Å². The molecule has 1 N–H and O–H groups in total. The Labute approximate surface area is 182 Å². The van der Waals surface area contributed by atoms with Crippen LogP contribution in [0.5, 0.6) is 5.75 Å². The normalized spacial score (nSPS) is 15.7. The highest BCUT2D eigenvalue weighted by Crippen LogP contribution is 2.21. The minimum Gasteiger partial charge on any atom is -0.489 e. The van der Waals surface area contributed by atoms with Crippen molar-refractivity contribution < 1.29 is 14.3 Å². The summed E-state index contributed by atoms with van der Waals surface area (Å²) < 4.78 is 5.86. The standard InChI is InChI=1S/C26H26N2O3/c29-25-15-23(18-28(25)17-20-9-3-1-4-10-20)26(30)27-16-21-11-7-8-12-22(21)19-31-24-13-5-2-6-14-24/h1-14,23H,15-19H2,(H,27,30). The van der Waals surface area contributed by atoms with Crippen molar-refractivity contribution in [3.05, 3.63) is 102 Å². The summed E-state index contributed by atoms with van der Waals surface area (Å²) in [6.45, 7) is 1.85. The number of carbonyl (C=O) groups is 2. The monoisotopic (exact) mass is 414 g/mol. The van der Waals surface area contributed by atoms with Crippen LogP contribution in [0, 0.1) is 5.92 Å². The second kappa shape index (κ2) is 9.94. The molecule has 0 aromatic heterocycles. The van der Waals surface area contributed by atoms with E-state index < -0.39 is 0 Å². The molecule has 3 aromatic rings. The van der Waals surface area contributed by atoms with Crippen LogP contribution in [0.2, 0.25) is 0 Å². The molecule has 1 fully saturated rings. The van der Waals surface area contributed by atoms with Crippen molar-refractivity contribution in [3.63, 3.8) is 0 Å². The molecule has 4 rings (SSSR count). The predicted molar refractivity (Wildman–Crippen MR) is 119 cm³/mol. The first-order valence-electron chi connectivity index (χ1n) is 10.5. The summed E-state index contributed by atoms with van der Waals surface area (Å²) in [5.74, 6) is 0.441. The van der Waals surface area contributed by atoms with Crippen LogP contribution in [-0.2, 0) is 29.3 Å². The molecule has 0 spiro atoms. The molecule has 2 amide bonds. The molecule has 0 saturated carbocycles. The summed E-state index contributed by atoms with van der Waals surface area (Å²) in [7, 11) is 0. The van der Waals surface area contributed by atoms with Crippen LogP contribution in [0.1, 0.15) is 23.1 Å². The van der Waals surface area contributed by atoms with Gasteiger partial charge in [0.05, 0.1) is 5.92 Å². The number of likely N-dealkylation sites (tertiary alicyclic amines) is 1. The smallest absolute Gasteiger partial charge is 0.225 e. The first-order valence-corrected chi connectivity index (χ1v) is 10.5. The topological polar surface area (TPSA) is 58.6 Å². The van der Waals surface area contributed by atoms with Gasteiger partial charge in [0.15, 0.2) is 0 Å². The molecule has 5 heteroatoms. The van der Waals surface area contributed by atoms with Crippen LogP contribution in [-0.4, -0.2) is 23.3 Å². The van der Waals surface area contributed by atoms with E-state index in [1.807, 2.05) is 84.9 Å². The zero-order valence-electron chi connectivity index (χ0n) is 17.4. The van der Waals surface area contributed by atoms with Crippen LogP contribution in [0.3, 0.4) is 0 Å². The maximum Gasteiger partial charge on any atom is 0.225 e. The number of nitrogens with zero attached hydrogens (tertiary/aromatic N) is 1. The molecule has 1 saturated heterocycles. The van der Waals surface area contributed by atoms with Gasteiger partial charge in [0, 0.05) is 26.1 Å². The molecule has 0 radical (unpaired) electrons. The van der Waals surface area contributed by atoms with Gasteiger partial charge in [-0.1, -0.05) is 72.8 Å². The number of nitrogens with one attached hydrogen (secondary N) is 1. The van der Waals surface area contributed by atoms with E-state index in [1.165, 1.54) is 0 Å². The molecule has 1 aliphatic rings. The van der Waals surface area contributed by atoms with Gasteiger partial charge in [-0.3, -0.25) is 9.59 Å². The van der Waals surface area contributed by atoms with E-state index >= 15 is 0 Å². The van der Waals surface area contributed by atoms with E-state index in [0.717, 1.165) is 22.4 Å². The summed E-state index contributed by atoms with van der Waals surface area (Å²) in [6.07, 6.45) is 0.261. The van der Waals surface area contributed by atoms with E-state index in [9.17, 15) is 9.59 Å². The Hall–Kier alpha value is -3.60. The number of hydrogen-bond acceptors (Lipinski definition) is 3. The van der Waals surface area contributed by atoms with E-state index in [0.29, 0.717) is 26.2 Å². The van der Waals surface area contributed by atoms with Crippen molar-refractivity contribution >= 4 is 11.8 Å². The summed E-state index contributed by atoms with van der Waals surface area (Å²) in [6, 6.07) is 27.4. The Morgan fingerprint density at radius 3 is 2.29 bits per heavy atom. The molecule has 0 bridgehead atoms. The fourth-order valence-electron chi connectivity index (χ4n) is 3.78. The molecular formula is C26H26N2O3. The Bertz CT molecular complexity index is 1020. The van der Waals surface area contributed by atoms with E-state index in [2.05, 4.69) is 5.32 Å². The zero-order chi connectivity index (χ0) is 21.5. The molecule has 158 valence electrons. The van der Waals surface area contributed by atoms with E-state index in [-0.39, 0.29) is 24.2 Å². The average molecular weight is 415 g/mol. The lowest BCUT2D eigenvalue weighted by Crippen LogP contribution is -2.32. The Morgan fingerprint density at radius 1 is 0.903 bits per heavy atom. The van der Waals surface area contributed by atoms with Gasteiger partial charge in [-0.15, -0.1) is 0 Å².